The van der Waals surface area contributed by atoms with Gasteiger partial charge in [-0.3, -0.25) is 0 Å². The molecule has 106 valence electrons. The number of hydrogen-bond donors (Lipinski definition) is 2. The van der Waals surface area contributed by atoms with Crippen LogP contribution in [-0.4, -0.2) is 19.1 Å². The molecular weight excluding hydrogens is 260 g/mol. The number of alkyl halides is 4. The van der Waals surface area contributed by atoms with Crippen LogP contribution in [0.25, 0.3) is 0 Å². The first-order valence-corrected chi connectivity index (χ1v) is 6.24. The minimum Gasteiger partial charge on any atom is -0.382 e. The normalized spacial score (nSPS) is 17.5. The first-order valence-electron chi connectivity index (χ1n) is 6.24. The van der Waals surface area contributed by atoms with Crippen LogP contribution in [0.15, 0.2) is 18.2 Å². The Bertz CT molecular complexity index is 425. The summed E-state index contributed by atoms with van der Waals surface area (Å²) in [7, 11) is 0. The minimum atomic E-state index is -4.47. The molecule has 0 aliphatic carbocycles. The van der Waals surface area contributed by atoms with Crippen molar-refractivity contribution in [2.75, 3.05) is 18.4 Å². The molecule has 6 heteroatoms. The lowest BCUT2D eigenvalue weighted by molar-refractivity contribution is -0.137. The van der Waals surface area contributed by atoms with Crippen molar-refractivity contribution in [2.24, 2.45) is 0 Å². The molecule has 0 amide bonds. The third kappa shape index (κ3) is 3.59. The zero-order valence-electron chi connectivity index (χ0n) is 10.4. The van der Waals surface area contributed by atoms with Crippen LogP contribution in [0.4, 0.5) is 23.2 Å². The molecule has 1 aliphatic rings. The molecule has 0 spiro atoms. The van der Waals surface area contributed by atoms with Gasteiger partial charge in [-0.1, -0.05) is 6.07 Å². The third-order valence-electron chi connectivity index (χ3n) is 3.24. The summed E-state index contributed by atoms with van der Waals surface area (Å²) < 4.78 is 51.3. The Labute approximate surface area is 109 Å². The van der Waals surface area contributed by atoms with E-state index in [1.165, 1.54) is 12.1 Å². The van der Waals surface area contributed by atoms with Gasteiger partial charge >= 0.3 is 6.18 Å². The number of benzene rings is 1. The van der Waals surface area contributed by atoms with Crippen molar-refractivity contribution < 1.29 is 17.6 Å². The van der Waals surface area contributed by atoms with Gasteiger partial charge in [0.15, 0.2) is 0 Å². The summed E-state index contributed by atoms with van der Waals surface area (Å²) in [4.78, 5) is 0. The maximum atomic E-state index is 12.9. The number of nitrogens with one attached hydrogen (secondary N) is 2. The summed E-state index contributed by atoms with van der Waals surface area (Å²) in [5.41, 5.74) is -0.707. The van der Waals surface area contributed by atoms with Gasteiger partial charge in [-0.15, -0.1) is 0 Å². The fraction of sp³-hybridized carbons (Fsp3) is 0.538. The molecule has 2 rings (SSSR count). The quantitative estimate of drug-likeness (QED) is 0.827. The second-order valence-electron chi connectivity index (χ2n) is 4.68. The van der Waals surface area contributed by atoms with Crippen LogP contribution < -0.4 is 10.6 Å². The predicted octanol–water partition coefficient (Wildman–Crippen LogP) is 3.34. The molecule has 2 N–H and O–H groups in total. The van der Waals surface area contributed by atoms with Gasteiger partial charge in [-0.2, -0.15) is 13.2 Å². The van der Waals surface area contributed by atoms with Crippen molar-refractivity contribution in [3.63, 3.8) is 0 Å². The monoisotopic (exact) mass is 276 g/mol. The number of hydrogen-bond acceptors (Lipinski definition) is 2. The van der Waals surface area contributed by atoms with Gasteiger partial charge in [-0.05, 0) is 43.6 Å². The van der Waals surface area contributed by atoms with E-state index in [0.717, 1.165) is 32.0 Å². The van der Waals surface area contributed by atoms with Gasteiger partial charge in [0.25, 0.3) is 0 Å². The predicted molar refractivity (Wildman–Crippen MR) is 65.8 cm³/mol. The first kappa shape index (κ1) is 14.1. The smallest absolute Gasteiger partial charge is 0.382 e. The van der Waals surface area contributed by atoms with Gasteiger partial charge in [0.2, 0.25) is 0 Å². The SMILES string of the molecule is FCc1ccc(NC2CCNCC2)c(C(F)(F)F)c1. The van der Waals surface area contributed by atoms with E-state index in [0.29, 0.717) is 0 Å². The number of piperidine rings is 1. The van der Waals surface area contributed by atoms with Gasteiger partial charge in [0.05, 0.1) is 5.56 Å². The summed E-state index contributed by atoms with van der Waals surface area (Å²) in [5, 5.41) is 6.08. The van der Waals surface area contributed by atoms with Crippen molar-refractivity contribution in [3.8, 4) is 0 Å². The minimum absolute atomic E-state index is 0.0265. The molecule has 0 radical (unpaired) electrons. The number of rotatable bonds is 3. The Morgan fingerprint density at radius 1 is 1.21 bits per heavy atom. The summed E-state index contributed by atoms with van der Waals surface area (Å²) in [6.45, 7) is 0.694. The van der Waals surface area contributed by atoms with E-state index in [4.69, 9.17) is 0 Å². The molecule has 1 fully saturated rings. The van der Waals surface area contributed by atoms with Crippen LogP contribution in [-0.2, 0) is 12.9 Å². The second kappa shape index (κ2) is 5.77. The standard InChI is InChI=1S/C13H16F4N2/c14-8-9-1-2-12(11(7-9)13(15,16)17)19-10-3-5-18-6-4-10/h1-2,7,10,18-19H,3-6,8H2. The fourth-order valence-electron chi connectivity index (χ4n) is 2.22. The Morgan fingerprint density at radius 3 is 2.47 bits per heavy atom. The Kier molecular flexibility index (Phi) is 4.29. The molecular formula is C13H16F4N2. The van der Waals surface area contributed by atoms with Crippen molar-refractivity contribution in [1.29, 1.82) is 0 Å². The van der Waals surface area contributed by atoms with E-state index < -0.39 is 18.4 Å². The average Bonchev–Trinajstić information content (AvgIpc) is 2.39. The topological polar surface area (TPSA) is 24.1 Å². The molecule has 1 aliphatic heterocycles. The van der Waals surface area contributed by atoms with Gasteiger partial charge < -0.3 is 10.6 Å². The summed E-state index contributed by atoms with van der Waals surface area (Å²) >= 11 is 0. The van der Waals surface area contributed by atoms with Crippen LogP contribution in [0.1, 0.15) is 24.0 Å². The zero-order valence-corrected chi connectivity index (χ0v) is 10.4. The van der Waals surface area contributed by atoms with Gasteiger partial charge in [0.1, 0.15) is 6.67 Å². The second-order valence-corrected chi connectivity index (χ2v) is 4.68. The molecule has 19 heavy (non-hydrogen) atoms. The van der Waals surface area contributed by atoms with Gasteiger partial charge in [-0.25, -0.2) is 4.39 Å². The van der Waals surface area contributed by atoms with E-state index >= 15 is 0 Å². The molecule has 0 atom stereocenters. The van der Waals surface area contributed by atoms with Crippen molar-refractivity contribution in [3.05, 3.63) is 29.3 Å². The average molecular weight is 276 g/mol. The first-order chi connectivity index (χ1) is 9.00. The maximum Gasteiger partial charge on any atom is 0.418 e. The van der Waals surface area contributed by atoms with Crippen molar-refractivity contribution in [2.45, 2.75) is 31.7 Å². The number of anilines is 1. The zero-order chi connectivity index (χ0) is 13.9. The molecule has 1 saturated heterocycles. The van der Waals surface area contributed by atoms with Crippen molar-refractivity contribution in [1.82, 2.24) is 5.32 Å². The van der Waals surface area contributed by atoms with Crippen LogP contribution in [0, 0.1) is 0 Å². The lowest BCUT2D eigenvalue weighted by Gasteiger charge is -2.26. The summed E-state index contributed by atoms with van der Waals surface area (Å²) in [6.07, 6.45) is -2.91. The molecule has 0 aromatic heterocycles. The van der Waals surface area contributed by atoms with E-state index in [9.17, 15) is 17.6 Å². The van der Waals surface area contributed by atoms with E-state index in [1.807, 2.05) is 0 Å². The lowest BCUT2D eigenvalue weighted by Crippen LogP contribution is -2.35. The maximum absolute atomic E-state index is 12.9. The van der Waals surface area contributed by atoms with E-state index in [2.05, 4.69) is 10.6 Å². The molecule has 1 heterocycles. The lowest BCUT2D eigenvalue weighted by atomic mass is 10.0. The van der Waals surface area contributed by atoms with Crippen LogP contribution in [0.5, 0.6) is 0 Å². The van der Waals surface area contributed by atoms with Crippen molar-refractivity contribution >= 4 is 5.69 Å². The van der Waals surface area contributed by atoms with Crippen LogP contribution in [0.3, 0.4) is 0 Å². The largest absolute Gasteiger partial charge is 0.418 e. The third-order valence-corrected chi connectivity index (χ3v) is 3.24. The highest BCUT2D eigenvalue weighted by molar-refractivity contribution is 5.55. The molecule has 1 aromatic rings. The molecule has 0 saturated carbocycles. The Balaban J connectivity index is 2.23. The molecule has 1 aromatic carbocycles. The Hall–Kier alpha value is -1.30. The van der Waals surface area contributed by atoms with E-state index in [-0.39, 0.29) is 17.3 Å². The highest BCUT2D eigenvalue weighted by Crippen LogP contribution is 2.36. The fourth-order valence-corrected chi connectivity index (χ4v) is 2.22. The molecule has 2 nitrogen and oxygen atoms in total. The van der Waals surface area contributed by atoms with Crippen LogP contribution >= 0.6 is 0 Å². The highest BCUT2D eigenvalue weighted by Gasteiger charge is 2.34. The summed E-state index contributed by atoms with van der Waals surface area (Å²) in [5.74, 6) is 0. The number of halogens is 4. The van der Waals surface area contributed by atoms with Crippen LogP contribution in [0.2, 0.25) is 0 Å². The molecule has 0 unspecified atom stereocenters. The Morgan fingerprint density at radius 2 is 1.89 bits per heavy atom. The van der Waals surface area contributed by atoms with E-state index in [1.54, 1.807) is 0 Å². The highest BCUT2D eigenvalue weighted by atomic mass is 19.4. The molecule has 0 bridgehead atoms. The van der Waals surface area contributed by atoms with Gasteiger partial charge in [0, 0.05) is 11.7 Å². The summed E-state index contributed by atoms with van der Waals surface area (Å²) in [6, 6.07) is 3.61.